The van der Waals surface area contributed by atoms with E-state index >= 15 is 0 Å². The topological polar surface area (TPSA) is 41.1 Å². The van der Waals surface area contributed by atoms with Crippen molar-refractivity contribution in [1.82, 2.24) is 10.6 Å². The highest BCUT2D eigenvalue weighted by Gasteiger charge is 2.58. The van der Waals surface area contributed by atoms with Gasteiger partial charge in [0.15, 0.2) is 0 Å². The first-order chi connectivity index (χ1) is 8.42. The van der Waals surface area contributed by atoms with Gasteiger partial charge in [0.05, 0.1) is 6.54 Å². The average Bonchev–Trinajstić information content (AvgIpc) is 2.94. The highest BCUT2D eigenvalue weighted by atomic mass is 16.2. The molecule has 3 rings (SSSR count). The van der Waals surface area contributed by atoms with Crippen LogP contribution in [-0.2, 0) is 4.79 Å². The Hall–Kier alpha value is -0.570. The van der Waals surface area contributed by atoms with E-state index in [2.05, 4.69) is 31.4 Å². The molecule has 0 radical (unpaired) electrons. The molecule has 0 aromatic rings. The van der Waals surface area contributed by atoms with E-state index in [0.717, 1.165) is 5.92 Å². The second kappa shape index (κ2) is 3.96. The maximum atomic E-state index is 11.8. The number of carbonyl (C=O) groups excluding carboxylic acids is 1. The first-order valence-electron chi connectivity index (χ1n) is 7.44. The van der Waals surface area contributed by atoms with Crippen molar-refractivity contribution in [2.75, 3.05) is 6.54 Å². The fourth-order valence-electron chi connectivity index (χ4n) is 4.51. The summed E-state index contributed by atoms with van der Waals surface area (Å²) < 4.78 is 0. The van der Waals surface area contributed by atoms with E-state index in [4.69, 9.17) is 0 Å². The quantitative estimate of drug-likeness (QED) is 0.802. The van der Waals surface area contributed by atoms with Crippen LogP contribution in [0, 0.1) is 16.7 Å². The molecule has 0 spiro atoms. The number of carbonyl (C=O) groups is 1. The van der Waals surface area contributed by atoms with E-state index in [0.29, 0.717) is 29.5 Å². The Morgan fingerprint density at radius 2 is 1.94 bits per heavy atom. The van der Waals surface area contributed by atoms with Crippen LogP contribution in [-0.4, -0.2) is 24.5 Å². The van der Waals surface area contributed by atoms with E-state index in [1.165, 1.54) is 32.1 Å². The molecule has 3 atom stereocenters. The van der Waals surface area contributed by atoms with Crippen molar-refractivity contribution >= 4 is 5.91 Å². The lowest BCUT2D eigenvalue weighted by Crippen LogP contribution is -2.52. The highest BCUT2D eigenvalue weighted by Crippen LogP contribution is 2.62. The minimum Gasteiger partial charge on any atom is -0.352 e. The molecule has 3 saturated carbocycles. The van der Waals surface area contributed by atoms with Crippen molar-refractivity contribution in [3.63, 3.8) is 0 Å². The van der Waals surface area contributed by atoms with Gasteiger partial charge in [-0.25, -0.2) is 0 Å². The molecule has 0 heterocycles. The zero-order chi connectivity index (χ0) is 13.0. The van der Waals surface area contributed by atoms with Crippen LogP contribution in [0.15, 0.2) is 0 Å². The number of hydrogen-bond acceptors (Lipinski definition) is 2. The lowest BCUT2D eigenvalue weighted by atomic mass is 9.68. The van der Waals surface area contributed by atoms with Gasteiger partial charge in [-0.1, -0.05) is 20.8 Å². The fourth-order valence-corrected chi connectivity index (χ4v) is 4.51. The second-order valence-electron chi connectivity index (χ2n) is 7.57. The molecule has 0 aromatic carbocycles. The third kappa shape index (κ3) is 1.97. The van der Waals surface area contributed by atoms with Crippen molar-refractivity contribution in [1.29, 1.82) is 0 Å². The number of amides is 1. The van der Waals surface area contributed by atoms with E-state index in [1.54, 1.807) is 0 Å². The Morgan fingerprint density at radius 3 is 2.50 bits per heavy atom. The van der Waals surface area contributed by atoms with Crippen LogP contribution in [0.25, 0.3) is 0 Å². The van der Waals surface area contributed by atoms with Crippen LogP contribution in [0.2, 0.25) is 0 Å². The molecule has 3 heteroatoms. The summed E-state index contributed by atoms with van der Waals surface area (Å²) in [5, 5.41) is 6.62. The maximum Gasteiger partial charge on any atom is 0.234 e. The van der Waals surface area contributed by atoms with Crippen LogP contribution in [0.4, 0.5) is 0 Å². The van der Waals surface area contributed by atoms with Gasteiger partial charge in [-0.15, -0.1) is 0 Å². The van der Waals surface area contributed by atoms with Gasteiger partial charge in [-0.05, 0) is 48.9 Å². The molecule has 0 saturated heterocycles. The lowest BCUT2D eigenvalue weighted by Gasteiger charge is -2.43. The predicted octanol–water partition coefficient (Wildman–Crippen LogP) is 2.07. The molecule has 0 aliphatic heterocycles. The summed E-state index contributed by atoms with van der Waals surface area (Å²) in [4.78, 5) is 11.8. The van der Waals surface area contributed by atoms with Crippen molar-refractivity contribution in [2.45, 2.75) is 65.0 Å². The normalized spacial score (nSPS) is 41.1. The van der Waals surface area contributed by atoms with Gasteiger partial charge in [-0.2, -0.15) is 0 Å². The van der Waals surface area contributed by atoms with Crippen molar-refractivity contribution in [3.8, 4) is 0 Å². The molecular weight excluding hydrogens is 224 g/mol. The third-order valence-electron chi connectivity index (χ3n) is 5.68. The van der Waals surface area contributed by atoms with Crippen LogP contribution in [0.1, 0.15) is 52.9 Å². The summed E-state index contributed by atoms with van der Waals surface area (Å²) in [6.45, 7) is 7.64. The largest absolute Gasteiger partial charge is 0.352 e. The second-order valence-corrected chi connectivity index (χ2v) is 7.57. The highest BCUT2D eigenvalue weighted by molar-refractivity contribution is 5.78. The summed E-state index contributed by atoms with van der Waals surface area (Å²) in [6, 6.07) is 0.969. The Kier molecular flexibility index (Phi) is 2.74. The summed E-state index contributed by atoms with van der Waals surface area (Å²) in [5.74, 6) is 1.02. The molecule has 1 unspecified atom stereocenters. The summed E-state index contributed by atoms with van der Waals surface area (Å²) >= 11 is 0. The smallest absolute Gasteiger partial charge is 0.234 e. The molecule has 0 aromatic heterocycles. The van der Waals surface area contributed by atoms with Crippen LogP contribution in [0.3, 0.4) is 0 Å². The third-order valence-corrected chi connectivity index (χ3v) is 5.68. The Labute approximate surface area is 110 Å². The molecule has 18 heavy (non-hydrogen) atoms. The van der Waals surface area contributed by atoms with E-state index < -0.39 is 0 Å². The number of rotatable bonds is 4. The Balaban J connectivity index is 1.59. The van der Waals surface area contributed by atoms with Crippen LogP contribution < -0.4 is 10.6 Å². The van der Waals surface area contributed by atoms with E-state index in [1.807, 2.05) is 0 Å². The van der Waals surface area contributed by atoms with Gasteiger partial charge in [0.2, 0.25) is 5.91 Å². The Bertz CT molecular complexity index is 357. The van der Waals surface area contributed by atoms with Gasteiger partial charge in [-0.3, -0.25) is 4.79 Å². The maximum absolute atomic E-state index is 11.8. The van der Waals surface area contributed by atoms with Crippen LogP contribution in [0.5, 0.6) is 0 Å². The molecule has 3 aliphatic carbocycles. The average molecular weight is 250 g/mol. The first-order valence-corrected chi connectivity index (χ1v) is 7.44. The van der Waals surface area contributed by atoms with Gasteiger partial charge >= 0.3 is 0 Å². The predicted molar refractivity (Wildman–Crippen MR) is 72.2 cm³/mol. The number of hydrogen-bond donors (Lipinski definition) is 2. The minimum absolute atomic E-state index is 0.180. The standard InChI is InChI=1S/C15H26N2O/c1-14(2)10-6-7-15(3,8-10)13(14)16-9-12(18)17-11-4-5-11/h10-11,13,16H,4-9H2,1-3H3,(H,17,18)/t10-,13?,15+/m0/s1. The molecule has 2 bridgehead atoms. The van der Waals surface area contributed by atoms with Crippen molar-refractivity contribution in [3.05, 3.63) is 0 Å². The van der Waals surface area contributed by atoms with E-state index in [-0.39, 0.29) is 5.91 Å². The molecule has 3 aliphatic rings. The lowest BCUT2D eigenvalue weighted by molar-refractivity contribution is -0.120. The van der Waals surface area contributed by atoms with E-state index in [9.17, 15) is 4.79 Å². The Morgan fingerprint density at radius 1 is 1.22 bits per heavy atom. The number of nitrogens with one attached hydrogen (secondary N) is 2. The van der Waals surface area contributed by atoms with Gasteiger partial charge in [0, 0.05) is 12.1 Å². The monoisotopic (exact) mass is 250 g/mol. The zero-order valence-electron chi connectivity index (χ0n) is 11.9. The number of fused-ring (bicyclic) bond motifs is 2. The van der Waals surface area contributed by atoms with Gasteiger partial charge in [0.1, 0.15) is 0 Å². The summed E-state index contributed by atoms with van der Waals surface area (Å²) in [5.41, 5.74) is 0.751. The SMILES string of the molecule is CC1(C)C(NCC(=O)NC2CC2)[C@]2(C)CC[C@H]1C2. The fraction of sp³-hybridized carbons (Fsp3) is 0.933. The molecule has 1 amide bonds. The molecule has 3 nitrogen and oxygen atoms in total. The summed E-state index contributed by atoms with van der Waals surface area (Å²) in [7, 11) is 0. The molecule has 102 valence electrons. The molecule has 2 N–H and O–H groups in total. The van der Waals surface area contributed by atoms with Crippen molar-refractivity contribution < 1.29 is 4.79 Å². The molecular formula is C15H26N2O. The van der Waals surface area contributed by atoms with Crippen molar-refractivity contribution in [2.24, 2.45) is 16.7 Å². The van der Waals surface area contributed by atoms with Gasteiger partial charge < -0.3 is 10.6 Å². The van der Waals surface area contributed by atoms with Gasteiger partial charge in [0.25, 0.3) is 0 Å². The zero-order valence-corrected chi connectivity index (χ0v) is 11.9. The first kappa shape index (κ1) is 12.5. The minimum atomic E-state index is 0.180. The molecule has 3 fully saturated rings. The summed E-state index contributed by atoms with van der Waals surface area (Å²) in [6.07, 6.45) is 6.36. The van der Waals surface area contributed by atoms with Crippen LogP contribution >= 0.6 is 0 Å².